The molecule has 0 aromatic rings. The molecule has 1 atom stereocenters. The molecule has 12 heavy (non-hydrogen) atoms. The molecule has 0 radical (unpaired) electrons. The first-order valence-electron chi connectivity index (χ1n) is 4.31. The zero-order valence-corrected chi connectivity index (χ0v) is 8.43. The number of sulfone groups is 1. The molecule has 0 bridgehead atoms. The lowest BCUT2D eigenvalue weighted by atomic mass is 10.2. The van der Waals surface area contributed by atoms with Crippen molar-refractivity contribution in [2.75, 3.05) is 18.1 Å². The Morgan fingerprint density at radius 1 is 1.50 bits per heavy atom. The topological polar surface area (TPSA) is 43.4 Å². The van der Waals surface area contributed by atoms with Crippen LogP contribution in [0.4, 0.5) is 0 Å². The lowest BCUT2D eigenvalue weighted by Gasteiger charge is -2.11. The van der Waals surface area contributed by atoms with Crippen molar-refractivity contribution < 1.29 is 13.2 Å². The molecule has 1 aliphatic heterocycles. The van der Waals surface area contributed by atoms with Gasteiger partial charge in [-0.25, -0.2) is 8.42 Å². The second-order valence-electron chi connectivity index (χ2n) is 3.75. The van der Waals surface area contributed by atoms with Gasteiger partial charge in [0.2, 0.25) is 0 Å². The summed E-state index contributed by atoms with van der Waals surface area (Å²) in [4.78, 5) is 0. The molecule has 1 aliphatic rings. The number of ether oxygens (including phenoxy) is 1. The highest BCUT2D eigenvalue weighted by atomic mass is 32.2. The average molecular weight is 192 g/mol. The van der Waals surface area contributed by atoms with Gasteiger partial charge in [-0.15, -0.1) is 0 Å². The van der Waals surface area contributed by atoms with Crippen LogP contribution in [0.5, 0.6) is 0 Å². The molecule has 0 unspecified atom stereocenters. The summed E-state index contributed by atoms with van der Waals surface area (Å²) >= 11 is 0. The minimum atomic E-state index is -2.77. The van der Waals surface area contributed by atoms with Crippen molar-refractivity contribution >= 4 is 9.84 Å². The van der Waals surface area contributed by atoms with Gasteiger partial charge in [-0.05, 0) is 12.3 Å². The minimum Gasteiger partial charge on any atom is -0.377 e. The van der Waals surface area contributed by atoms with E-state index in [2.05, 4.69) is 13.8 Å². The predicted molar refractivity (Wildman–Crippen MR) is 47.8 cm³/mol. The van der Waals surface area contributed by atoms with Crippen molar-refractivity contribution in [2.45, 2.75) is 26.4 Å². The maximum absolute atomic E-state index is 11.0. The fourth-order valence-electron chi connectivity index (χ4n) is 1.22. The van der Waals surface area contributed by atoms with Gasteiger partial charge >= 0.3 is 0 Å². The quantitative estimate of drug-likeness (QED) is 0.665. The normalized spacial score (nSPS) is 28.1. The fraction of sp³-hybridized carbons (Fsp3) is 1.00. The molecule has 72 valence electrons. The van der Waals surface area contributed by atoms with E-state index in [0.717, 1.165) is 0 Å². The van der Waals surface area contributed by atoms with E-state index in [-0.39, 0.29) is 11.9 Å². The fourth-order valence-corrected chi connectivity index (χ4v) is 2.84. The summed E-state index contributed by atoms with van der Waals surface area (Å²) in [5, 5.41) is 0. The molecule has 1 saturated heterocycles. The summed E-state index contributed by atoms with van der Waals surface area (Å²) in [6, 6.07) is 0. The van der Waals surface area contributed by atoms with E-state index in [4.69, 9.17) is 4.74 Å². The summed E-state index contributed by atoms with van der Waals surface area (Å²) in [6.45, 7) is 4.78. The van der Waals surface area contributed by atoms with Crippen LogP contribution >= 0.6 is 0 Å². The van der Waals surface area contributed by atoms with E-state index >= 15 is 0 Å². The Labute approximate surface area is 74.0 Å². The maximum atomic E-state index is 11.0. The summed E-state index contributed by atoms with van der Waals surface area (Å²) in [5.74, 6) is 1.00. The molecule has 1 heterocycles. The van der Waals surface area contributed by atoms with Crippen molar-refractivity contribution in [1.82, 2.24) is 0 Å². The van der Waals surface area contributed by atoms with Crippen LogP contribution in [0.3, 0.4) is 0 Å². The van der Waals surface area contributed by atoms with Gasteiger partial charge in [0, 0.05) is 6.61 Å². The average Bonchev–Trinajstić information content (AvgIpc) is 2.26. The van der Waals surface area contributed by atoms with Crippen molar-refractivity contribution in [2.24, 2.45) is 5.92 Å². The molecule has 0 aromatic heterocycles. The smallest absolute Gasteiger partial charge is 0.152 e. The zero-order valence-electron chi connectivity index (χ0n) is 7.62. The van der Waals surface area contributed by atoms with Gasteiger partial charge in [0.15, 0.2) is 9.84 Å². The van der Waals surface area contributed by atoms with Gasteiger partial charge in [-0.1, -0.05) is 13.8 Å². The van der Waals surface area contributed by atoms with Gasteiger partial charge in [-0.3, -0.25) is 0 Å². The Balaban J connectivity index is 2.29. The Kier molecular flexibility index (Phi) is 3.12. The van der Waals surface area contributed by atoms with Crippen LogP contribution in [0.25, 0.3) is 0 Å². The van der Waals surface area contributed by atoms with E-state index in [0.29, 0.717) is 24.7 Å². The maximum Gasteiger partial charge on any atom is 0.152 e. The van der Waals surface area contributed by atoms with Gasteiger partial charge in [0.05, 0.1) is 17.6 Å². The van der Waals surface area contributed by atoms with E-state index < -0.39 is 9.84 Å². The summed E-state index contributed by atoms with van der Waals surface area (Å²) in [5.41, 5.74) is 0. The van der Waals surface area contributed by atoms with Crippen LogP contribution in [-0.4, -0.2) is 32.6 Å². The first-order chi connectivity index (χ1) is 5.49. The second-order valence-corrected chi connectivity index (χ2v) is 5.98. The van der Waals surface area contributed by atoms with Gasteiger partial charge in [-0.2, -0.15) is 0 Å². The first-order valence-corrected chi connectivity index (χ1v) is 6.14. The molecule has 0 N–H and O–H groups in total. The summed E-state index contributed by atoms with van der Waals surface area (Å²) < 4.78 is 27.4. The number of hydrogen-bond acceptors (Lipinski definition) is 3. The first kappa shape index (κ1) is 9.99. The summed E-state index contributed by atoms with van der Waals surface area (Å²) in [7, 11) is -2.77. The van der Waals surface area contributed by atoms with E-state index in [1.165, 1.54) is 0 Å². The van der Waals surface area contributed by atoms with Gasteiger partial charge in [0.25, 0.3) is 0 Å². The lowest BCUT2D eigenvalue weighted by molar-refractivity contribution is 0.0522. The molecule has 0 spiro atoms. The molecule has 3 nitrogen and oxygen atoms in total. The number of hydrogen-bond donors (Lipinski definition) is 0. The third-order valence-electron chi connectivity index (χ3n) is 1.86. The Hall–Kier alpha value is -0.0900. The van der Waals surface area contributed by atoms with Crippen LogP contribution < -0.4 is 0 Å². The molecule has 1 fully saturated rings. The van der Waals surface area contributed by atoms with Crippen LogP contribution in [0.2, 0.25) is 0 Å². The predicted octanol–water partition coefficient (Wildman–Crippen LogP) is 0.846. The SMILES string of the molecule is CC(C)CO[C@@H]1CCS(=O)(=O)C1. The molecular formula is C8H16O3S. The lowest BCUT2D eigenvalue weighted by Crippen LogP contribution is -2.17. The van der Waals surface area contributed by atoms with Crippen molar-refractivity contribution in [3.8, 4) is 0 Å². The molecule has 0 saturated carbocycles. The molecule has 1 rings (SSSR count). The van der Waals surface area contributed by atoms with Crippen LogP contribution in [0, 0.1) is 5.92 Å². The van der Waals surface area contributed by atoms with Crippen molar-refractivity contribution in [3.63, 3.8) is 0 Å². The largest absolute Gasteiger partial charge is 0.377 e. The molecule has 0 aliphatic carbocycles. The van der Waals surface area contributed by atoms with E-state index in [1.54, 1.807) is 0 Å². The standard InChI is InChI=1S/C8H16O3S/c1-7(2)5-11-8-3-4-12(9,10)6-8/h7-8H,3-6H2,1-2H3/t8-/m1/s1. The summed E-state index contributed by atoms with van der Waals surface area (Å²) in [6.07, 6.45) is 0.632. The third kappa shape index (κ3) is 3.11. The monoisotopic (exact) mass is 192 g/mol. The van der Waals surface area contributed by atoms with E-state index in [9.17, 15) is 8.42 Å². The number of rotatable bonds is 3. The second kappa shape index (κ2) is 3.75. The van der Waals surface area contributed by atoms with Crippen LogP contribution in [0.1, 0.15) is 20.3 Å². The third-order valence-corrected chi connectivity index (χ3v) is 3.59. The van der Waals surface area contributed by atoms with Crippen LogP contribution in [0.15, 0.2) is 0 Å². The molecule has 0 aromatic carbocycles. The Morgan fingerprint density at radius 3 is 2.58 bits per heavy atom. The van der Waals surface area contributed by atoms with Crippen molar-refractivity contribution in [1.29, 1.82) is 0 Å². The highest BCUT2D eigenvalue weighted by Gasteiger charge is 2.28. The zero-order chi connectivity index (χ0) is 9.19. The van der Waals surface area contributed by atoms with Crippen molar-refractivity contribution in [3.05, 3.63) is 0 Å². The Morgan fingerprint density at radius 2 is 2.17 bits per heavy atom. The van der Waals surface area contributed by atoms with Gasteiger partial charge < -0.3 is 4.74 Å². The highest BCUT2D eigenvalue weighted by Crippen LogP contribution is 2.15. The molecular weight excluding hydrogens is 176 g/mol. The van der Waals surface area contributed by atoms with Gasteiger partial charge in [0.1, 0.15) is 0 Å². The van der Waals surface area contributed by atoms with E-state index in [1.807, 2.05) is 0 Å². The minimum absolute atomic E-state index is 0.0441. The Bertz CT molecular complexity index is 231. The van der Waals surface area contributed by atoms with Crippen LogP contribution in [-0.2, 0) is 14.6 Å². The highest BCUT2D eigenvalue weighted by molar-refractivity contribution is 7.91. The molecule has 4 heteroatoms. The molecule has 0 amide bonds.